The Labute approximate surface area is 98.6 Å². The summed E-state index contributed by atoms with van der Waals surface area (Å²) < 4.78 is 11.5. The molecule has 0 saturated carbocycles. The predicted molar refractivity (Wildman–Crippen MR) is 59.7 cm³/mol. The SMILES string of the molecule is COCOc1c(Br)cc(C=O)cc1Br. The largest absolute Gasteiger partial charge is 0.465 e. The number of benzene rings is 1. The minimum Gasteiger partial charge on any atom is -0.465 e. The van der Waals surface area contributed by atoms with E-state index in [9.17, 15) is 4.79 Å². The number of rotatable bonds is 4. The molecule has 0 aliphatic rings. The number of carbonyl (C=O) groups excluding carboxylic acids is 1. The van der Waals surface area contributed by atoms with Crippen molar-refractivity contribution >= 4 is 38.1 Å². The smallest absolute Gasteiger partial charge is 0.188 e. The second-order valence-corrected chi connectivity index (χ2v) is 4.19. The summed E-state index contributed by atoms with van der Waals surface area (Å²) in [5.41, 5.74) is 0.577. The zero-order chi connectivity index (χ0) is 10.6. The maximum Gasteiger partial charge on any atom is 0.188 e. The molecule has 1 aromatic carbocycles. The topological polar surface area (TPSA) is 35.5 Å². The highest BCUT2D eigenvalue weighted by atomic mass is 79.9. The third-order valence-electron chi connectivity index (χ3n) is 1.48. The molecule has 0 N–H and O–H groups in total. The first-order valence-corrected chi connectivity index (χ1v) is 5.33. The molecule has 0 bridgehead atoms. The van der Waals surface area contributed by atoms with E-state index in [1.54, 1.807) is 19.2 Å². The Morgan fingerprint density at radius 1 is 1.36 bits per heavy atom. The van der Waals surface area contributed by atoms with Crippen LogP contribution >= 0.6 is 31.9 Å². The molecule has 0 heterocycles. The van der Waals surface area contributed by atoms with Crippen molar-refractivity contribution in [2.75, 3.05) is 13.9 Å². The predicted octanol–water partition coefficient (Wildman–Crippen LogP) is 3.01. The third-order valence-corrected chi connectivity index (χ3v) is 2.66. The molecule has 0 fully saturated rings. The van der Waals surface area contributed by atoms with E-state index in [1.165, 1.54) is 0 Å². The Morgan fingerprint density at radius 2 is 1.93 bits per heavy atom. The maximum absolute atomic E-state index is 10.5. The van der Waals surface area contributed by atoms with E-state index >= 15 is 0 Å². The molecule has 0 unspecified atom stereocenters. The molecule has 0 atom stereocenters. The van der Waals surface area contributed by atoms with Gasteiger partial charge in [0.05, 0.1) is 8.95 Å². The number of methoxy groups -OCH3 is 1. The van der Waals surface area contributed by atoms with E-state index in [-0.39, 0.29) is 6.79 Å². The Hall–Kier alpha value is -0.390. The van der Waals surface area contributed by atoms with Crippen molar-refractivity contribution in [2.24, 2.45) is 0 Å². The van der Waals surface area contributed by atoms with Gasteiger partial charge in [-0.05, 0) is 44.0 Å². The van der Waals surface area contributed by atoms with Crippen molar-refractivity contribution in [2.45, 2.75) is 0 Å². The second-order valence-electron chi connectivity index (χ2n) is 2.48. The summed E-state index contributed by atoms with van der Waals surface area (Å²) in [6.07, 6.45) is 0.773. The minimum absolute atomic E-state index is 0.164. The van der Waals surface area contributed by atoms with Gasteiger partial charge in [-0.1, -0.05) is 0 Å². The fourth-order valence-corrected chi connectivity index (χ4v) is 2.35. The van der Waals surface area contributed by atoms with Gasteiger partial charge in [0.15, 0.2) is 12.5 Å². The van der Waals surface area contributed by atoms with Crippen LogP contribution in [-0.4, -0.2) is 20.2 Å². The number of halogens is 2. The molecule has 0 aliphatic heterocycles. The van der Waals surface area contributed by atoms with Crippen LogP contribution in [0.1, 0.15) is 10.4 Å². The Kier molecular flexibility index (Phi) is 4.57. The van der Waals surface area contributed by atoms with Crippen LogP contribution in [-0.2, 0) is 4.74 Å². The van der Waals surface area contributed by atoms with E-state index in [0.717, 1.165) is 6.29 Å². The normalized spacial score (nSPS) is 9.93. The average molecular weight is 324 g/mol. The molecule has 0 aromatic heterocycles. The molecule has 3 nitrogen and oxygen atoms in total. The lowest BCUT2D eigenvalue weighted by molar-refractivity contribution is 0.0500. The van der Waals surface area contributed by atoms with E-state index in [4.69, 9.17) is 9.47 Å². The van der Waals surface area contributed by atoms with Crippen molar-refractivity contribution in [1.82, 2.24) is 0 Å². The van der Waals surface area contributed by atoms with Gasteiger partial charge >= 0.3 is 0 Å². The van der Waals surface area contributed by atoms with Gasteiger partial charge in [0.25, 0.3) is 0 Å². The van der Waals surface area contributed by atoms with E-state index in [0.29, 0.717) is 20.3 Å². The molecular weight excluding hydrogens is 316 g/mol. The van der Waals surface area contributed by atoms with E-state index in [1.807, 2.05) is 0 Å². The first-order valence-electron chi connectivity index (χ1n) is 3.75. The molecule has 0 radical (unpaired) electrons. The Balaban J connectivity index is 2.99. The number of hydrogen-bond acceptors (Lipinski definition) is 3. The Morgan fingerprint density at radius 3 is 2.36 bits per heavy atom. The van der Waals surface area contributed by atoms with Gasteiger partial charge in [-0.15, -0.1) is 0 Å². The monoisotopic (exact) mass is 322 g/mol. The summed E-state index contributed by atoms with van der Waals surface area (Å²) in [6, 6.07) is 3.37. The molecule has 0 spiro atoms. The van der Waals surface area contributed by atoms with Crippen molar-refractivity contribution in [1.29, 1.82) is 0 Å². The number of hydrogen-bond donors (Lipinski definition) is 0. The average Bonchev–Trinajstić information content (AvgIpc) is 2.16. The van der Waals surface area contributed by atoms with Crippen molar-refractivity contribution in [3.05, 3.63) is 26.6 Å². The fourth-order valence-electron chi connectivity index (χ4n) is 0.903. The minimum atomic E-state index is 0.164. The molecule has 0 saturated heterocycles. The molecule has 1 rings (SSSR count). The maximum atomic E-state index is 10.5. The third kappa shape index (κ3) is 2.80. The van der Waals surface area contributed by atoms with Crippen LogP contribution in [0.3, 0.4) is 0 Å². The van der Waals surface area contributed by atoms with Gasteiger partial charge in [0, 0.05) is 12.7 Å². The molecular formula is C9H8Br2O3. The zero-order valence-corrected chi connectivity index (χ0v) is 10.6. The molecule has 76 valence electrons. The quantitative estimate of drug-likeness (QED) is 0.631. The molecule has 1 aromatic rings. The second kappa shape index (κ2) is 5.48. The van der Waals surface area contributed by atoms with Crippen molar-refractivity contribution < 1.29 is 14.3 Å². The van der Waals surface area contributed by atoms with Gasteiger partial charge in [0.2, 0.25) is 0 Å². The summed E-state index contributed by atoms with van der Waals surface area (Å²) >= 11 is 6.60. The fraction of sp³-hybridized carbons (Fsp3) is 0.222. The van der Waals surface area contributed by atoms with Crippen LogP contribution in [0.4, 0.5) is 0 Å². The zero-order valence-electron chi connectivity index (χ0n) is 7.42. The van der Waals surface area contributed by atoms with Crippen molar-refractivity contribution in [3.63, 3.8) is 0 Å². The summed E-state index contributed by atoms with van der Waals surface area (Å²) in [5, 5.41) is 0. The van der Waals surface area contributed by atoms with Gasteiger partial charge < -0.3 is 9.47 Å². The molecule has 14 heavy (non-hydrogen) atoms. The first-order chi connectivity index (χ1) is 6.69. The Bertz CT molecular complexity index is 316. The highest BCUT2D eigenvalue weighted by Gasteiger charge is 2.08. The van der Waals surface area contributed by atoms with Crippen LogP contribution in [0.2, 0.25) is 0 Å². The summed E-state index contributed by atoms with van der Waals surface area (Å²) in [7, 11) is 1.54. The summed E-state index contributed by atoms with van der Waals surface area (Å²) in [5.74, 6) is 0.623. The van der Waals surface area contributed by atoms with Gasteiger partial charge in [-0.2, -0.15) is 0 Å². The lowest BCUT2D eigenvalue weighted by Gasteiger charge is -2.09. The van der Waals surface area contributed by atoms with Crippen molar-refractivity contribution in [3.8, 4) is 5.75 Å². The summed E-state index contributed by atoms with van der Waals surface area (Å²) in [6.45, 7) is 0.164. The van der Waals surface area contributed by atoms with Gasteiger partial charge in [0.1, 0.15) is 6.29 Å². The van der Waals surface area contributed by atoms with Crippen LogP contribution < -0.4 is 4.74 Å². The van der Waals surface area contributed by atoms with Gasteiger partial charge in [-0.25, -0.2) is 0 Å². The van der Waals surface area contributed by atoms with Crippen LogP contribution in [0.5, 0.6) is 5.75 Å². The highest BCUT2D eigenvalue weighted by molar-refractivity contribution is 9.11. The molecule has 5 heteroatoms. The highest BCUT2D eigenvalue weighted by Crippen LogP contribution is 2.34. The van der Waals surface area contributed by atoms with E-state index < -0.39 is 0 Å². The van der Waals surface area contributed by atoms with Gasteiger partial charge in [-0.3, -0.25) is 4.79 Å². The summed E-state index contributed by atoms with van der Waals surface area (Å²) in [4.78, 5) is 10.5. The first kappa shape index (κ1) is 11.7. The van der Waals surface area contributed by atoms with E-state index in [2.05, 4.69) is 31.9 Å². The van der Waals surface area contributed by atoms with Crippen LogP contribution in [0.15, 0.2) is 21.1 Å². The molecule has 0 aliphatic carbocycles. The lowest BCUT2D eigenvalue weighted by Crippen LogP contribution is -2.00. The molecule has 0 amide bonds. The number of ether oxygens (including phenoxy) is 2. The lowest BCUT2D eigenvalue weighted by atomic mass is 10.2. The van der Waals surface area contributed by atoms with Crippen LogP contribution in [0, 0.1) is 0 Å². The number of carbonyl (C=O) groups is 1. The standard InChI is InChI=1S/C9H8Br2O3/c1-13-5-14-9-7(10)2-6(4-12)3-8(9)11/h2-4H,5H2,1H3. The van der Waals surface area contributed by atoms with Crippen LogP contribution in [0.25, 0.3) is 0 Å². The number of aldehydes is 1.